The number of cyclic esters (lactones) is 1. The molecule has 1 atom stereocenters. The van der Waals surface area contributed by atoms with Crippen LogP contribution in [0, 0.1) is 5.92 Å². The van der Waals surface area contributed by atoms with Crippen molar-refractivity contribution in [2.45, 2.75) is 13.0 Å². The van der Waals surface area contributed by atoms with Crippen LogP contribution in [0.5, 0.6) is 0 Å². The monoisotopic (exact) mass is 220 g/mol. The van der Waals surface area contributed by atoms with Crippen LogP contribution in [-0.2, 0) is 16.1 Å². The van der Waals surface area contributed by atoms with Crippen LogP contribution < -0.4 is 0 Å². The Kier molecular flexibility index (Phi) is 3.01. The van der Waals surface area contributed by atoms with Gasteiger partial charge in [0.2, 0.25) is 0 Å². The van der Waals surface area contributed by atoms with E-state index >= 15 is 0 Å². The van der Waals surface area contributed by atoms with Crippen molar-refractivity contribution >= 4 is 11.8 Å². The summed E-state index contributed by atoms with van der Waals surface area (Å²) in [5.74, 6) is -0.742. The van der Waals surface area contributed by atoms with E-state index in [0.29, 0.717) is 5.56 Å². The van der Waals surface area contributed by atoms with E-state index < -0.39 is 0 Å². The molecule has 1 aliphatic heterocycles. The number of aliphatic hydroxyl groups excluding tert-OH is 1. The van der Waals surface area contributed by atoms with Gasteiger partial charge < -0.3 is 9.84 Å². The first kappa shape index (κ1) is 10.8. The number of rotatable bonds is 3. The fourth-order valence-corrected chi connectivity index (χ4v) is 1.69. The number of hydrogen-bond donors (Lipinski definition) is 1. The van der Waals surface area contributed by atoms with Gasteiger partial charge in [0.1, 0.15) is 6.61 Å². The highest BCUT2D eigenvalue weighted by Crippen LogP contribution is 2.19. The molecular formula is C12H12O4. The average Bonchev–Trinajstić information content (AvgIpc) is 2.75. The van der Waals surface area contributed by atoms with Crippen molar-refractivity contribution in [3.8, 4) is 0 Å². The topological polar surface area (TPSA) is 63.6 Å². The highest BCUT2D eigenvalue weighted by Gasteiger charge is 2.30. The van der Waals surface area contributed by atoms with Crippen molar-refractivity contribution in [1.82, 2.24) is 0 Å². The van der Waals surface area contributed by atoms with Gasteiger partial charge in [0.25, 0.3) is 0 Å². The molecule has 0 spiro atoms. The second-order valence-electron chi connectivity index (χ2n) is 3.80. The Labute approximate surface area is 92.8 Å². The van der Waals surface area contributed by atoms with Crippen molar-refractivity contribution in [1.29, 1.82) is 0 Å². The van der Waals surface area contributed by atoms with Gasteiger partial charge >= 0.3 is 5.97 Å². The highest BCUT2D eigenvalue weighted by atomic mass is 16.5. The van der Waals surface area contributed by atoms with Crippen LogP contribution in [0.25, 0.3) is 0 Å². The molecule has 84 valence electrons. The first-order chi connectivity index (χ1) is 7.70. The Morgan fingerprint density at radius 3 is 2.56 bits per heavy atom. The van der Waals surface area contributed by atoms with Crippen molar-refractivity contribution in [3.05, 3.63) is 35.4 Å². The largest absolute Gasteiger partial charge is 0.465 e. The van der Waals surface area contributed by atoms with Gasteiger partial charge in [-0.15, -0.1) is 0 Å². The summed E-state index contributed by atoms with van der Waals surface area (Å²) in [5, 5.41) is 8.86. The standard InChI is InChI=1S/C12H12O4/c13-6-8-1-3-9(4-2-8)12(15)10-5-11(14)16-7-10/h1-4,10,13H,5-7H2. The molecule has 16 heavy (non-hydrogen) atoms. The maximum atomic E-state index is 11.9. The summed E-state index contributed by atoms with van der Waals surface area (Å²) in [4.78, 5) is 22.8. The number of benzene rings is 1. The third-order valence-electron chi connectivity index (χ3n) is 2.65. The number of carbonyl (C=O) groups is 2. The predicted molar refractivity (Wildman–Crippen MR) is 55.8 cm³/mol. The summed E-state index contributed by atoms with van der Waals surface area (Å²) >= 11 is 0. The van der Waals surface area contributed by atoms with E-state index in [1.54, 1.807) is 24.3 Å². The Bertz CT molecular complexity index is 408. The molecular weight excluding hydrogens is 208 g/mol. The van der Waals surface area contributed by atoms with Gasteiger partial charge in [0.15, 0.2) is 5.78 Å². The van der Waals surface area contributed by atoms with Gasteiger partial charge in [-0.2, -0.15) is 0 Å². The maximum Gasteiger partial charge on any atom is 0.306 e. The minimum atomic E-state index is -0.354. The first-order valence-electron chi connectivity index (χ1n) is 5.10. The lowest BCUT2D eigenvalue weighted by Gasteiger charge is -2.05. The minimum Gasteiger partial charge on any atom is -0.465 e. The number of aliphatic hydroxyl groups is 1. The molecule has 4 heteroatoms. The van der Waals surface area contributed by atoms with Crippen molar-refractivity contribution in [2.75, 3.05) is 6.61 Å². The van der Waals surface area contributed by atoms with E-state index in [0.717, 1.165) is 5.56 Å². The van der Waals surface area contributed by atoms with Crippen LogP contribution >= 0.6 is 0 Å². The molecule has 1 aliphatic rings. The van der Waals surface area contributed by atoms with Crippen LogP contribution in [0.3, 0.4) is 0 Å². The summed E-state index contributed by atoms with van der Waals surface area (Å²) in [7, 11) is 0. The lowest BCUT2D eigenvalue weighted by Crippen LogP contribution is -2.14. The molecule has 1 N–H and O–H groups in total. The molecule has 0 saturated carbocycles. The molecule has 0 aliphatic carbocycles. The number of Topliss-reactive ketones (excluding diaryl/α,β-unsaturated/α-hetero) is 1. The van der Waals surface area contributed by atoms with E-state index in [4.69, 9.17) is 9.84 Å². The van der Waals surface area contributed by atoms with Gasteiger partial charge in [-0.1, -0.05) is 24.3 Å². The second kappa shape index (κ2) is 4.45. The first-order valence-corrected chi connectivity index (χ1v) is 5.10. The fraction of sp³-hybridized carbons (Fsp3) is 0.333. The third-order valence-corrected chi connectivity index (χ3v) is 2.65. The van der Waals surface area contributed by atoms with Gasteiger partial charge in [0.05, 0.1) is 18.9 Å². The summed E-state index contributed by atoms with van der Waals surface area (Å²) in [6.45, 7) is 0.138. The number of ether oxygens (including phenoxy) is 1. The Morgan fingerprint density at radius 2 is 2.06 bits per heavy atom. The zero-order valence-corrected chi connectivity index (χ0v) is 8.68. The molecule has 1 aromatic carbocycles. The Balaban J connectivity index is 2.11. The van der Waals surface area contributed by atoms with Crippen molar-refractivity contribution in [3.63, 3.8) is 0 Å². The minimum absolute atomic E-state index is 0.0422. The summed E-state index contributed by atoms with van der Waals surface area (Å²) in [6.07, 6.45) is 0.167. The summed E-state index contributed by atoms with van der Waals surface area (Å²) < 4.78 is 4.75. The number of carbonyl (C=O) groups excluding carboxylic acids is 2. The SMILES string of the molecule is O=C1CC(C(=O)c2ccc(CO)cc2)CO1. The second-order valence-corrected chi connectivity index (χ2v) is 3.80. The number of esters is 1. The van der Waals surface area contributed by atoms with E-state index in [1.807, 2.05) is 0 Å². The van der Waals surface area contributed by atoms with E-state index in [2.05, 4.69) is 0 Å². The Hall–Kier alpha value is -1.68. The van der Waals surface area contributed by atoms with Crippen LogP contribution in [-0.4, -0.2) is 23.5 Å². The molecule has 2 rings (SSSR count). The molecule has 0 amide bonds. The number of ketones is 1. The highest BCUT2D eigenvalue weighted by molar-refractivity contribution is 6.00. The third kappa shape index (κ3) is 2.12. The molecule has 1 fully saturated rings. The quantitative estimate of drug-likeness (QED) is 0.608. The summed E-state index contributed by atoms with van der Waals surface area (Å²) in [6, 6.07) is 6.73. The number of hydrogen-bond acceptors (Lipinski definition) is 4. The van der Waals surface area contributed by atoms with Crippen molar-refractivity contribution in [2.24, 2.45) is 5.92 Å². The smallest absolute Gasteiger partial charge is 0.306 e. The van der Waals surface area contributed by atoms with Crippen LogP contribution in [0.2, 0.25) is 0 Å². The summed E-state index contributed by atoms with van der Waals surface area (Å²) in [5.41, 5.74) is 1.32. The molecule has 1 aromatic rings. The molecule has 1 saturated heterocycles. The van der Waals surface area contributed by atoms with Gasteiger partial charge in [0, 0.05) is 5.56 Å². The molecule has 1 unspecified atom stereocenters. The van der Waals surface area contributed by atoms with E-state index in [-0.39, 0.29) is 37.3 Å². The molecule has 0 aromatic heterocycles. The molecule has 1 heterocycles. The van der Waals surface area contributed by atoms with Crippen LogP contribution in [0.15, 0.2) is 24.3 Å². The average molecular weight is 220 g/mol. The lowest BCUT2D eigenvalue weighted by atomic mass is 9.96. The zero-order valence-electron chi connectivity index (χ0n) is 8.68. The molecule has 0 bridgehead atoms. The normalized spacial score (nSPS) is 19.6. The molecule has 0 radical (unpaired) electrons. The van der Waals surface area contributed by atoms with Crippen molar-refractivity contribution < 1.29 is 19.4 Å². The van der Waals surface area contributed by atoms with Gasteiger partial charge in [-0.25, -0.2) is 0 Å². The fourth-order valence-electron chi connectivity index (χ4n) is 1.69. The predicted octanol–water partition coefficient (Wildman–Crippen LogP) is 0.925. The van der Waals surface area contributed by atoms with Crippen LogP contribution in [0.4, 0.5) is 0 Å². The van der Waals surface area contributed by atoms with Gasteiger partial charge in [-0.3, -0.25) is 9.59 Å². The van der Waals surface area contributed by atoms with E-state index in [9.17, 15) is 9.59 Å². The molecule has 4 nitrogen and oxygen atoms in total. The van der Waals surface area contributed by atoms with Gasteiger partial charge in [-0.05, 0) is 5.56 Å². The Morgan fingerprint density at radius 1 is 1.38 bits per heavy atom. The lowest BCUT2D eigenvalue weighted by molar-refractivity contribution is -0.137. The zero-order chi connectivity index (χ0) is 11.5. The maximum absolute atomic E-state index is 11.9. The van der Waals surface area contributed by atoms with Crippen LogP contribution in [0.1, 0.15) is 22.3 Å². The van der Waals surface area contributed by atoms with E-state index in [1.165, 1.54) is 0 Å².